The van der Waals surface area contributed by atoms with Crippen molar-refractivity contribution in [2.45, 2.75) is 0 Å². The Hall–Kier alpha value is -3.26. The van der Waals surface area contributed by atoms with Gasteiger partial charge >= 0.3 is 5.69 Å². The predicted octanol–water partition coefficient (Wildman–Crippen LogP) is 2.07. The molecule has 0 radical (unpaired) electrons. The summed E-state index contributed by atoms with van der Waals surface area (Å²) in [6.45, 7) is 0. The SMILES string of the molecule is O=c1c(=Cc2ccc(O)c([N+](=O)[O-])c2)sc2nc3ccccc3n12. The van der Waals surface area contributed by atoms with E-state index in [2.05, 4.69) is 4.98 Å². The molecule has 7 nitrogen and oxygen atoms in total. The number of aromatic hydroxyl groups is 1. The van der Waals surface area contributed by atoms with Crippen molar-refractivity contribution >= 4 is 39.1 Å². The minimum Gasteiger partial charge on any atom is -0.502 e. The van der Waals surface area contributed by atoms with Crippen molar-refractivity contribution in [3.05, 3.63) is 73.0 Å². The van der Waals surface area contributed by atoms with Crippen molar-refractivity contribution in [3.8, 4) is 5.75 Å². The standard InChI is InChI=1S/C16H9N3O4S/c20-13-6-5-9(7-12(13)19(22)23)8-14-15(21)18-11-4-2-1-3-10(11)17-16(18)24-14/h1-8,20H. The molecule has 1 N–H and O–H groups in total. The van der Waals surface area contributed by atoms with Gasteiger partial charge in [-0.1, -0.05) is 29.5 Å². The van der Waals surface area contributed by atoms with Crippen LogP contribution < -0.4 is 10.1 Å². The molecule has 0 aliphatic carbocycles. The molecule has 2 heterocycles. The molecule has 0 saturated heterocycles. The van der Waals surface area contributed by atoms with Gasteiger partial charge in [-0.05, 0) is 29.8 Å². The number of rotatable bonds is 2. The number of nitrogens with zero attached hydrogens (tertiary/aromatic N) is 3. The van der Waals surface area contributed by atoms with Crippen LogP contribution in [0.3, 0.4) is 0 Å². The quantitative estimate of drug-likeness (QED) is 0.445. The first-order valence-corrected chi connectivity index (χ1v) is 7.75. The lowest BCUT2D eigenvalue weighted by atomic mass is 10.2. The number of hydrogen-bond donors (Lipinski definition) is 1. The fourth-order valence-electron chi connectivity index (χ4n) is 2.54. The molecule has 0 bridgehead atoms. The summed E-state index contributed by atoms with van der Waals surface area (Å²) in [5.41, 5.74) is 1.31. The highest BCUT2D eigenvalue weighted by molar-refractivity contribution is 7.15. The number of nitro benzene ring substituents is 1. The molecule has 24 heavy (non-hydrogen) atoms. The largest absolute Gasteiger partial charge is 0.502 e. The monoisotopic (exact) mass is 339 g/mol. The van der Waals surface area contributed by atoms with Crippen LogP contribution in [0.1, 0.15) is 5.56 Å². The number of hydrogen-bond acceptors (Lipinski definition) is 6. The molecular formula is C16H9N3O4S. The Labute approximate surface area is 137 Å². The first-order valence-electron chi connectivity index (χ1n) is 6.94. The van der Waals surface area contributed by atoms with Gasteiger partial charge in [0.15, 0.2) is 10.7 Å². The Kier molecular flexibility index (Phi) is 3.07. The van der Waals surface area contributed by atoms with Gasteiger partial charge in [0.1, 0.15) is 0 Å². The van der Waals surface area contributed by atoms with E-state index in [9.17, 15) is 20.0 Å². The molecular weight excluding hydrogens is 330 g/mol. The summed E-state index contributed by atoms with van der Waals surface area (Å²) in [6, 6.07) is 11.3. The zero-order chi connectivity index (χ0) is 16.8. The normalized spacial score (nSPS) is 12.2. The molecule has 0 aliphatic rings. The number of nitro groups is 1. The summed E-state index contributed by atoms with van der Waals surface area (Å²) in [6.07, 6.45) is 1.56. The topological polar surface area (TPSA) is 97.7 Å². The van der Waals surface area contributed by atoms with Crippen molar-refractivity contribution in [3.63, 3.8) is 0 Å². The minimum absolute atomic E-state index is 0.223. The van der Waals surface area contributed by atoms with Crippen LogP contribution in [0.15, 0.2) is 47.3 Å². The summed E-state index contributed by atoms with van der Waals surface area (Å²) in [7, 11) is 0. The molecule has 2 aromatic heterocycles. The second-order valence-corrected chi connectivity index (χ2v) is 6.15. The van der Waals surface area contributed by atoms with Crippen LogP contribution in [-0.4, -0.2) is 19.4 Å². The third kappa shape index (κ3) is 2.12. The molecule has 4 aromatic rings. The molecule has 8 heteroatoms. The van der Waals surface area contributed by atoms with Crippen LogP contribution in [0.5, 0.6) is 5.75 Å². The Morgan fingerprint density at radius 2 is 2.04 bits per heavy atom. The highest BCUT2D eigenvalue weighted by atomic mass is 32.1. The van der Waals surface area contributed by atoms with Gasteiger partial charge in [0, 0.05) is 6.07 Å². The molecule has 0 saturated carbocycles. The highest BCUT2D eigenvalue weighted by Crippen LogP contribution is 2.26. The van der Waals surface area contributed by atoms with E-state index in [1.807, 2.05) is 24.3 Å². The third-order valence-corrected chi connectivity index (χ3v) is 4.61. The summed E-state index contributed by atoms with van der Waals surface area (Å²) >= 11 is 1.21. The van der Waals surface area contributed by atoms with Crippen molar-refractivity contribution in [1.82, 2.24) is 9.38 Å². The average Bonchev–Trinajstić information content (AvgIpc) is 3.06. The maximum absolute atomic E-state index is 12.6. The van der Waals surface area contributed by atoms with Crippen molar-refractivity contribution in [1.29, 1.82) is 0 Å². The molecule has 2 aromatic carbocycles. The Bertz CT molecular complexity index is 1230. The number of thiazole rings is 1. The summed E-state index contributed by atoms with van der Waals surface area (Å²) in [5, 5.41) is 20.4. The van der Waals surface area contributed by atoms with E-state index >= 15 is 0 Å². The number of imidazole rings is 1. The van der Waals surface area contributed by atoms with Crippen molar-refractivity contribution in [2.24, 2.45) is 0 Å². The molecule has 0 atom stereocenters. The van der Waals surface area contributed by atoms with E-state index < -0.39 is 16.4 Å². The van der Waals surface area contributed by atoms with E-state index in [0.717, 1.165) is 11.0 Å². The van der Waals surface area contributed by atoms with E-state index in [4.69, 9.17) is 0 Å². The predicted molar refractivity (Wildman–Crippen MR) is 90.4 cm³/mol. The Morgan fingerprint density at radius 1 is 1.25 bits per heavy atom. The number of phenolic OH excluding ortho intramolecular Hbond substituents is 1. The van der Waals surface area contributed by atoms with Crippen LogP contribution >= 0.6 is 11.3 Å². The van der Waals surface area contributed by atoms with Crippen LogP contribution in [0.4, 0.5) is 5.69 Å². The molecule has 0 amide bonds. The van der Waals surface area contributed by atoms with Crippen LogP contribution in [0, 0.1) is 10.1 Å². The Balaban J connectivity index is 1.95. The van der Waals surface area contributed by atoms with Crippen LogP contribution in [-0.2, 0) is 0 Å². The smallest absolute Gasteiger partial charge is 0.311 e. The van der Waals surface area contributed by atoms with Gasteiger partial charge in [-0.15, -0.1) is 0 Å². The number of phenols is 1. The summed E-state index contributed by atoms with van der Waals surface area (Å²) in [4.78, 5) is 27.8. The first kappa shape index (κ1) is 14.3. The van der Waals surface area contributed by atoms with Gasteiger partial charge < -0.3 is 5.11 Å². The van der Waals surface area contributed by atoms with Crippen molar-refractivity contribution in [2.75, 3.05) is 0 Å². The lowest BCUT2D eigenvalue weighted by molar-refractivity contribution is -0.385. The fourth-order valence-corrected chi connectivity index (χ4v) is 3.53. The number of para-hydroxylation sites is 2. The molecule has 4 rings (SSSR count). The van der Waals surface area contributed by atoms with Gasteiger partial charge in [0.25, 0.3) is 5.56 Å². The lowest BCUT2D eigenvalue weighted by Gasteiger charge is -1.96. The minimum atomic E-state index is -0.667. The number of fused-ring (bicyclic) bond motifs is 3. The zero-order valence-corrected chi connectivity index (χ0v) is 12.9. The van der Waals surface area contributed by atoms with Gasteiger partial charge in [0.2, 0.25) is 0 Å². The number of aromatic nitrogens is 2. The van der Waals surface area contributed by atoms with Gasteiger partial charge in [0.05, 0.1) is 20.5 Å². The summed E-state index contributed by atoms with van der Waals surface area (Å²) < 4.78 is 1.95. The first-order chi connectivity index (χ1) is 11.5. The van der Waals surface area contributed by atoms with E-state index in [0.29, 0.717) is 15.1 Å². The van der Waals surface area contributed by atoms with Crippen LogP contribution in [0.25, 0.3) is 22.1 Å². The van der Waals surface area contributed by atoms with Crippen LogP contribution in [0.2, 0.25) is 0 Å². The van der Waals surface area contributed by atoms with Gasteiger partial charge in [-0.3, -0.25) is 14.9 Å². The molecule has 0 spiro atoms. The van der Waals surface area contributed by atoms with E-state index in [1.165, 1.54) is 33.9 Å². The summed E-state index contributed by atoms with van der Waals surface area (Å²) in [5.74, 6) is -0.411. The highest BCUT2D eigenvalue weighted by Gasteiger charge is 2.14. The fraction of sp³-hybridized carbons (Fsp3) is 0. The zero-order valence-electron chi connectivity index (χ0n) is 12.0. The molecule has 0 unspecified atom stereocenters. The molecule has 118 valence electrons. The van der Waals surface area contributed by atoms with Gasteiger partial charge in [-0.25, -0.2) is 9.38 Å². The maximum Gasteiger partial charge on any atom is 0.311 e. The number of benzene rings is 2. The second kappa shape index (κ2) is 5.14. The average molecular weight is 339 g/mol. The second-order valence-electron chi connectivity index (χ2n) is 5.14. The maximum atomic E-state index is 12.6. The van der Waals surface area contributed by atoms with Gasteiger partial charge in [-0.2, -0.15) is 0 Å². The third-order valence-electron chi connectivity index (χ3n) is 3.64. The lowest BCUT2D eigenvalue weighted by Crippen LogP contribution is -2.22. The van der Waals surface area contributed by atoms with E-state index in [-0.39, 0.29) is 5.56 Å². The molecule has 0 aliphatic heterocycles. The van der Waals surface area contributed by atoms with E-state index in [1.54, 1.807) is 6.08 Å². The van der Waals surface area contributed by atoms with Crippen molar-refractivity contribution < 1.29 is 10.0 Å². The Morgan fingerprint density at radius 3 is 2.83 bits per heavy atom. The molecule has 0 fully saturated rings.